The molecule has 0 fully saturated rings. The van der Waals surface area contributed by atoms with Crippen LogP contribution in [-0.2, 0) is 10.0 Å². The summed E-state index contributed by atoms with van der Waals surface area (Å²) >= 11 is 2.12. The molecule has 1 aromatic heterocycles. The maximum atomic E-state index is 12.4. The molecule has 7 nitrogen and oxygen atoms in total. The lowest BCUT2D eigenvalue weighted by molar-refractivity contribution is 0.0686. The fourth-order valence-corrected chi connectivity index (χ4v) is 3.93. The van der Waals surface area contributed by atoms with Crippen LogP contribution in [0.25, 0.3) is 0 Å². The van der Waals surface area contributed by atoms with Gasteiger partial charge in [0.15, 0.2) is 5.69 Å². The summed E-state index contributed by atoms with van der Waals surface area (Å²) < 4.78 is 28.2. The van der Waals surface area contributed by atoms with Gasteiger partial charge in [0, 0.05) is 3.57 Å². The van der Waals surface area contributed by atoms with Crippen molar-refractivity contribution in [2.24, 2.45) is 0 Å². The van der Waals surface area contributed by atoms with Crippen LogP contribution in [0, 0.1) is 17.4 Å². The summed E-state index contributed by atoms with van der Waals surface area (Å²) in [6.45, 7) is 3.22. The van der Waals surface area contributed by atoms with Crippen LogP contribution in [0.5, 0.6) is 0 Å². The number of aromatic carboxylic acids is 1. The van der Waals surface area contributed by atoms with Crippen LogP contribution < -0.4 is 4.72 Å². The van der Waals surface area contributed by atoms with Gasteiger partial charge < -0.3 is 5.11 Å². The van der Waals surface area contributed by atoms with Gasteiger partial charge in [0.1, 0.15) is 4.90 Å². The van der Waals surface area contributed by atoms with Gasteiger partial charge in [-0.1, -0.05) is 0 Å². The van der Waals surface area contributed by atoms with Crippen LogP contribution in [0.1, 0.15) is 21.7 Å². The van der Waals surface area contributed by atoms with Crippen molar-refractivity contribution in [1.82, 2.24) is 10.2 Å². The first-order valence-corrected chi connectivity index (χ1v) is 8.36. The number of nitrogens with one attached hydrogen (secondary N) is 2. The van der Waals surface area contributed by atoms with Gasteiger partial charge in [-0.25, -0.2) is 13.2 Å². The van der Waals surface area contributed by atoms with Gasteiger partial charge >= 0.3 is 5.97 Å². The highest BCUT2D eigenvalue weighted by Crippen LogP contribution is 2.24. The Hall–Kier alpha value is -1.62. The van der Waals surface area contributed by atoms with Crippen molar-refractivity contribution in [3.63, 3.8) is 0 Å². The molecular weight excluding hydrogens is 409 g/mol. The number of nitrogens with zero attached hydrogens (tertiary/aromatic N) is 1. The molecule has 0 spiro atoms. The van der Waals surface area contributed by atoms with Crippen LogP contribution in [0.15, 0.2) is 23.1 Å². The Kier molecular flexibility index (Phi) is 4.23. The zero-order chi connectivity index (χ0) is 15.8. The van der Waals surface area contributed by atoms with Gasteiger partial charge in [-0.3, -0.25) is 9.82 Å². The lowest BCUT2D eigenvalue weighted by Gasteiger charge is -2.11. The molecular formula is C12H12IN3O4S. The molecule has 112 valence electrons. The number of hydrogen-bond donors (Lipinski definition) is 3. The number of aryl methyl sites for hydroxylation is 2. The highest BCUT2D eigenvalue weighted by molar-refractivity contribution is 14.1. The quantitative estimate of drug-likeness (QED) is 0.655. The third-order valence-electron chi connectivity index (χ3n) is 2.80. The molecule has 0 bridgehead atoms. The van der Waals surface area contributed by atoms with Crippen molar-refractivity contribution in [3.05, 3.63) is 38.7 Å². The number of hydrogen-bond acceptors (Lipinski definition) is 4. The normalized spacial score (nSPS) is 11.4. The summed E-state index contributed by atoms with van der Waals surface area (Å²) in [6, 6.07) is 5.20. The van der Waals surface area contributed by atoms with Gasteiger partial charge in [-0.05, 0) is 60.2 Å². The van der Waals surface area contributed by atoms with Crippen molar-refractivity contribution in [1.29, 1.82) is 0 Å². The Balaban J connectivity index is 2.48. The minimum Gasteiger partial charge on any atom is -0.476 e. The molecule has 9 heteroatoms. The fourth-order valence-electron chi connectivity index (χ4n) is 1.83. The Labute approximate surface area is 135 Å². The smallest absolute Gasteiger partial charge is 0.357 e. The van der Waals surface area contributed by atoms with E-state index >= 15 is 0 Å². The van der Waals surface area contributed by atoms with Gasteiger partial charge in [-0.2, -0.15) is 5.10 Å². The summed E-state index contributed by atoms with van der Waals surface area (Å²) in [7, 11) is -4.04. The number of halogens is 1. The summed E-state index contributed by atoms with van der Waals surface area (Å²) in [5.41, 5.74) is 0.780. The van der Waals surface area contributed by atoms with Crippen molar-refractivity contribution in [3.8, 4) is 0 Å². The third-order valence-corrected chi connectivity index (χ3v) is 4.99. The first-order chi connectivity index (χ1) is 9.72. The Morgan fingerprint density at radius 3 is 2.62 bits per heavy atom. The topological polar surface area (TPSA) is 112 Å². The number of anilines is 1. The molecule has 0 aliphatic carbocycles. The third kappa shape index (κ3) is 3.18. The van der Waals surface area contributed by atoms with E-state index in [-0.39, 0.29) is 10.6 Å². The van der Waals surface area contributed by atoms with E-state index in [4.69, 9.17) is 5.11 Å². The van der Waals surface area contributed by atoms with Crippen LogP contribution in [-0.4, -0.2) is 29.7 Å². The molecule has 0 saturated heterocycles. The monoisotopic (exact) mass is 421 g/mol. The number of benzene rings is 1. The number of carboxylic acid groups (broad SMARTS) is 1. The van der Waals surface area contributed by atoms with E-state index in [2.05, 4.69) is 37.5 Å². The molecule has 1 aromatic carbocycles. The molecule has 2 aromatic rings. The average molecular weight is 421 g/mol. The van der Waals surface area contributed by atoms with Crippen molar-refractivity contribution in [2.45, 2.75) is 18.7 Å². The minimum atomic E-state index is -4.04. The van der Waals surface area contributed by atoms with Gasteiger partial charge in [-0.15, -0.1) is 0 Å². The molecule has 0 saturated carbocycles. The lowest BCUT2D eigenvalue weighted by atomic mass is 10.2. The molecule has 0 radical (unpaired) electrons. The van der Waals surface area contributed by atoms with E-state index in [1.807, 2.05) is 6.07 Å². The second-order valence-electron chi connectivity index (χ2n) is 4.40. The number of carbonyl (C=O) groups is 1. The summed E-state index contributed by atoms with van der Waals surface area (Å²) in [5.74, 6) is -1.40. The Bertz CT molecular complexity index is 814. The van der Waals surface area contributed by atoms with E-state index in [0.717, 1.165) is 9.13 Å². The van der Waals surface area contributed by atoms with Crippen LogP contribution in [0.4, 0.5) is 5.69 Å². The minimum absolute atomic E-state index is 0.170. The zero-order valence-electron chi connectivity index (χ0n) is 11.1. The number of H-pyrrole nitrogens is 1. The highest BCUT2D eigenvalue weighted by Gasteiger charge is 2.28. The van der Waals surface area contributed by atoms with Gasteiger partial charge in [0.25, 0.3) is 10.0 Å². The molecule has 0 amide bonds. The Morgan fingerprint density at radius 1 is 1.38 bits per heavy atom. The van der Waals surface area contributed by atoms with Gasteiger partial charge in [0.2, 0.25) is 0 Å². The number of carboxylic acids is 1. The summed E-state index contributed by atoms with van der Waals surface area (Å²) in [5, 5.41) is 14.9. The van der Waals surface area contributed by atoms with E-state index in [0.29, 0.717) is 5.69 Å². The first-order valence-electron chi connectivity index (χ1n) is 5.79. The number of sulfonamides is 1. The van der Waals surface area contributed by atoms with Crippen molar-refractivity contribution < 1.29 is 18.3 Å². The molecule has 0 aliphatic heterocycles. The molecule has 0 unspecified atom stereocenters. The molecule has 0 aliphatic rings. The number of aromatic amines is 1. The number of rotatable bonds is 4. The standard InChI is InChI=1S/C12H12IN3O4S/c1-6-5-8(13)3-4-9(6)16-21(19,20)11-7(2)14-15-10(11)12(17)18/h3-5,16H,1-2H3,(H,14,15)(H,17,18). The molecule has 2 rings (SSSR count). The van der Waals surface area contributed by atoms with Crippen molar-refractivity contribution in [2.75, 3.05) is 4.72 Å². The first kappa shape index (κ1) is 15.8. The van der Waals surface area contributed by atoms with Crippen LogP contribution >= 0.6 is 22.6 Å². The summed E-state index contributed by atoms with van der Waals surface area (Å²) in [4.78, 5) is 10.7. The maximum Gasteiger partial charge on any atom is 0.357 e. The molecule has 0 atom stereocenters. The zero-order valence-corrected chi connectivity index (χ0v) is 14.1. The predicted octanol–water partition coefficient (Wildman–Crippen LogP) is 2.13. The van der Waals surface area contributed by atoms with Crippen molar-refractivity contribution >= 4 is 44.3 Å². The largest absolute Gasteiger partial charge is 0.476 e. The molecule has 21 heavy (non-hydrogen) atoms. The summed E-state index contributed by atoms with van der Waals surface area (Å²) in [6.07, 6.45) is 0. The van der Waals surface area contributed by atoms with Crippen LogP contribution in [0.3, 0.4) is 0 Å². The molecule has 3 N–H and O–H groups in total. The van der Waals surface area contributed by atoms with Crippen LogP contribution in [0.2, 0.25) is 0 Å². The van der Waals surface area contributed by atoms with E-state index < -0.39 is 21.7 Å². The predicted molar refractivity (Wildman–Crippen MR) is 85.0 cm³/mol. The van der Waals surface area contributed by atoms with Gasteiger partial charge in [0.05, 0.1) is 11.4 Å². The second-order valence-corrected chi connectivity index (χ2v) is 7.26. The number of aromatic nitrogens is 2. The second kappa shape index (κ2) is 5.64. The van der Waals surface area contributed by atoms with E-state index in [1.54, 1.807) is 19.1 Å². The maximum absolute atomic E-state index is 12.4. The lowest BCUT2D eigenvalue weighted by Crippen LogP contribution is -2.17. The van der Waals surface area contributed by atoms with E-state index in [1.165, 1.54) is 6.92 Å². The SMILES string of the molecule is Cc1cc(I)ccc1NS(=O)(=O)c1c(C(=O)O)n[nH]c1C. The Morgan fingerprint density at radius 2 is 2.05 bits per heavy atom. The highest BCUT2D eigenvalue weighted by atomic mass is 127. The average Bonchev–Trinajstić information content (AvgIpc) is 2.76. The molecule has 1 heterocycles. The van der Waals surface area contributed by atoms with E-state index in [9.17, 15) is 13.2 Å². The fraction of sp³-hybridized carbons (Fsp3) is 0.167.